The van der Waals surface area contributed by atoms with Crippen LogP contribution < -0.4 is 0 Å². The fourth-order valence-electron chi connectivity index (χ4n) is 5.13. The number of fused-ring (bicyclic) bond motifs is 1. The van der Waals surface area contributed by atoms with Gasteiger partial charge < -0.3 is 19.1 Å². The monoisotopic (exact) mass is 434 g/mol. The molecular formula is C23H34N2O4S. The maximum atomic E-state index is 13.2. The molecule has 3 aliphatic rings. The molecule has 7 heteroatoms. The number of amides is 1. The van der Waals surface area contributed by atoms with Crippen LogP contribution in [0.3, 0.4) is 0 Å². The van der Waals surface area contributed by atoms with Crippen molar-refractivity contribution in [3.8, 4) is 0 Å². The van der Waals surface area contributed by atoms with Crippen molar-refractivity contribution < 1.29 is 19.0 Å². The first-order valence-electron chi connectivity index (χ1n) is 11.0. The van der Waals surface area contributed by atoms with Gasteiger partial charge in [0, 0.05) is 38.3 Å². The number of hydrogen-bond donors (Lipinski definition) is 0. The van der Waals surface area contributed by atoms with Crippen molar-refractivity contribution in [1.82, 2.24) is 9.88 Å². The Morgan fingerprint density at radius 1 is 1.20 bits per heavy atom. The van der Waals surface area contributed by atoms with E-state index in [1.807, 2.05) is 6.20 Å². The minimum atomic E-state index is -0.925. The molecule has 0 N–H and O–H groups in total. The quantitative estimate of drug-likeness (QED) is 0.372. The molecular weight excluding hydrogens is 400 g/mol. The molecule has 0 aromatic carbocycles. The number of rotatable bonds is 12. The highest BCUT2D eigenvalue weighted by atomic mass is 32.2. The van der Waals surface area contributed by atoms with Crippen LogP contribution >= 0.6 is 11.8 Å². The lowest BCUT2D eigenvalue weighted by molar-refractivity contribution is -0.229. The fourth-order valence-corrected chi connectivity index (χ4v) is 5.89. The van der Waals surface area contributed by atoms with Crippen LogP contribution in [0.4, 0.5) is 0 Å². The van der Waals surface area contributed by atoms with Gasteiger partial charge >= 0.3 is 0 Å². The van der Waals surface area contributed by atoms with Gasteiger partial charge in [0.25, 0.3) is 5.91 Å². The molecule has 0 radical (unpaired) electrons. The van der Waals surface area contributed by atoms with Crippen LogP contribution in [0.1, 0.15) is 42.5 Å². The van der Waals surface area contributed by atoms with Gasteiger partial charge in [-0.2, -0.15) is 11.8 Å². The molecule has 0 spiro atoms. The molecule has 2 aliphatic carbocycles. The standard InChI is InChI=1S/C23H34N2O4S/c1-27-14-25-21(13-30-3)23(22(25)26,29-15-28-2)12-20-19-11-17(7-6-16-4-5-16)10-18(19)8-9-24-20/h8-9,16-17,21H,4-7,10-15H2,1-3H3/t17-,21+,23-/m1/s1. The van der Waals surface area contributed by atoms with Gasteiger partial charge in [0.05, 0.1) is 6.04 Å². The van der Waals surface area contributed by atoms with Crippen molar-refractivity contribution in [2.45, 2.75) is 56.6 Å². The van der Waals surface area contributed by atoms with E-state index in [2.05, 4.69) is 12.3 Å². The second kappa shape index (κ2) is 9.55. The first-order chi connectivity index (χ1) is 14.6. The van der Waals surface area contributed by atoms with Crippen LogP contribution in [0.25, 0.3) is 0 Å². The number of nitrogens with zero attached hydrogens (tertiary/aromatic N) is 2. The number of ether oxygens (including phenoxy) is 3. The zero-order valence-corrected chi connectivity index (χ0v) is 19.2. The van der Waals surface area contributed by atoms with Gasteiger partial charge in [0.1, 0.15) is 13.5 Å². The molecule has 1 amide bonds. The molecule has 6 nitrogen and oxygen atoms in total. The molecule has 1 aliphatic heterocycles. The summed E-state index contributed by atoms with van der Waals surface area (Å²) in [5, 5.41) is 0. The molecule has 1 aromatic rings. The minimum absolute atomic E-state index is 0.0249. The molecule has 1 saturated heterocycles. The first kappa shape index (κ1) is 22.1. The van der Waals surface area contributed by atoms with Gasteiger partial charge in [0.15, 0.2) is 5.60 Å². The average Bonchev–Trinajstić information content (AvgIpc) is 3.49. The lowest BCUT2D eigenvalue weighted by Gasteiger charge is -2.54. The molecule has 3 atom stereocenters. The van der Waals surface area contributed by atoms with Crippen molar-refractivity contribution in [2.24, 2.45) is 11.8 Å². The summed E-state index contributed by atoms with van der Waals surface area (Å²) in [4.78, 5) is 19.8. The van der Waals surface area contributed by atoms with Crippen LogP contribution in [0.5, 0.6) is 0 Å². The van der Waals surface area contributed by atoms with E-state index in [0.29, 0.717) is 12.3 Å². The zero-order chi connectivity index (χ0) is 21.1. The number of hydrogen-bond acceptors (Lipinski definition) is 6. The average molecular weight is 435 g/mol. The third-order valence-electron chi connectivity index (χ3n) is 6.92. The summed E-state index contributed by atoms with van der Waals surface area (Å²) >= 11 is 1.71. The number of thioether (sulfide) groups is 1. The van der Waals surface area contributed by atoms with E-state index in [1.165, 1.54) is 36.8 Å². The summed E-state index contributed by atoms with van der Waals surface area (Å²) in [6.45, 7) is 0.377. The van der Waals surface area contributed by atoms with Crippen LogP contribution in [-0.4, -0.2) is 67.2 Å². The maximum Gasteiger partial charge on any atom is 0.259 e. The van der Waals surface area contributed by atoms with Crippen LogP contribution in [0.2, 0.25) is 0 Å². The number of carbonyl (C=O) groups excluding carboxylic acids is 1. The Hall–Kier alpha value is -1.15. The molecule has 0 unspecified atom stereocenters. The smallest absolute Gasteiger partial charge is 0.259 e. The van der Waals surface area contributed by atoms with E-state index in [0.717, 1.165) is 30.2 Å². The van der Waals surface area contributed by atoms with E-state index in [-0.39, 0.29) is 25.5 Å². The highest BCUT2D eigenvalue weighted by Crippen LogP contribution is 2.42. The second-order valence-corrected chi connectivity index (χ2v) is 9.88. The Morgan fingerprint density at radius 3 is 2.70 bits per heavy atom. The normalized spacial score (nSPS) is 28.0. The Morgan fingerprint density at radius 2 is 2.00 bits per heavy atom. The van der Waals surface area contributed by atoms with Gasteiger partial charge in [-0.25, -0.2) is 0 Å². The number of carbonyl (C=O) groups is 1. The molecule has 2 heterocycles. The van der Waals surface area contributed by atoms with Crippen molar-refractivity contribution >= 4 is 17.7 Å². The van der Waals surface area contributed by atoms with Gasteiger partial charge in [-0.15, -0.1) is 0 Å². The fraction of sp³-hybridized carbons (Fsp3) is 0.739. The summed E-state index contributed by atoms with van der Waals surface area (Å²) in [7, 11) is 3.21. The van der Waals surface area contributed by atoms with Crippen molar-refractivity contribution in [2.75, 3.05) is 39.8 Å². The number of β-lactam (4-membered cyclic amide) rings is 1. The van der Waals surface area contributed by atoms with Crippen molar-refractivity contribution in [1.29, 1.82) is 0 Å². The number of aromatic nitrogens is 1. The maximum absolute atomic E-state index is 13.2. The Labute approximate surface area is 184 Å². The second-order valence-electron chi connectivity index (χ2n) is 8.97. The van der Waals surface area contributed by atoms with Gasteiger partial charge in [-0.3, -0.25) is 9.78 Å². The van der Waals surface area contributed by atoms with Crippen molar-refractivity contribution in [3.63, 3.8) is 0 Å². The van der Waals surface area contributed by atoms with E-state index < -0.39 is 5.60 Å². The number of methoxy groups -OCH3 is 2. The topological polar surface area (TPSA) is 60.9 Å². The Balaban J connectivity index is 1.54. The largest absolute Gasteiger partial charge is 0.364 e. The Bertz CT molecular complexity index is 757. The van der Waals surface area contributed by atoms with Crippen LogP contribution in [-0.2, 0) is 38.3 Å². The Kier molecular flexibility index (Phi) is 7.02. The summed E-state index contributed by atoms with van der Waals surface area (Å²) in [6, 6.07) is 2.11. The van der Waals surface area contributed by atoms with Gasteiger partial charge in [0.2, 0.25) is 0 Å². The first-order valence-corrected chi connectivity index (χ1v) is 12.4. The summed E-state index contributed by atoms with van der Waals surface area (Å²) in [5.41, 5.74) is 2.85. The predicted octanol–water partition coefficient (Wildman–Crippen LogP) is 3.07. The lowest BCUT2D eigenvalue weighted by atomic mass is 9.78. The molecule has 0 bridgehead atoms. The number of pyridine rings is 1. The van der Waals surface area contributed by atoms with E-state index >= 15 is 0 Å². The summed E-state index contributed by atoms with van der Waals surface area (Å²) in [6.07, 6.45) is 12.2. The molecule has 30 heavy (non-hydrogen) atoms. The third kappa shape index (κ3) is 4.27. The van der Waals surface area contributed by atoms with Gasteiger partial charge in [-0.05, 0) is 54.5 Å². The zero-order valence-electron chi connectivity index (χ0n) is 18.4. The lowest BCUT2D eigenvalue weighted by Crippen LogP contribution is -2.77. The SMILES string of the molecule is COCO[C@@]1(Cc2nccc3c2C[C@H](CCC2CC2)C3)C(=O)N(COC)[C@H]1CSC. The predicted molar refractivity (Wildman–Crippen MR) is 117 cm³/mol. The number of likely N-dealkylation sites (tertiary alicyclic amines) is 1. The highest BCUT2D eigenvalue weighted by Gasteiger charge is 2.62. The van der Waals surface area contributed by atoms with Gasteiger partial charge in [-0.1, -0.05) is 19.3 Å². The van der Waals surface area contributed by atoms with Crippen molar-refractivity contribution in [3.05, 3.63) is 29.1 Å². The van der Waals surface area contributed by atoms with Crippen LogP contribution in [0.15, 0.2) is 12.3 Å². The third-order valence-corrected chi connectivity index (χ3v) is 7.57. The molecule has 2 fully saturated rings. The highest BCUT2D eigenvalue weighted by molar-refractivity contribution is 7.98. The van der Waals surface area contributed by atoms with E-state index in [4.69, 9.17) is 19.2 Å². The summed E-state index contributed by atoms with van der Waals surface area (Å²) < 4.78 is 16.6. The van der Waals surface area contributed by atoms with E-state index in [9.17, 15) is 4.79 Å². The molecule has 1 saturated carbocycles. The molecule has 4 rings (SSSR count). The minimum Gasteiger partial charge on any atom is -0.364 e. The van der Waals surface area contributed by atoms with E-state index in [1.54, 1.807) is 30.9 Å². The molecule has 1 aromatic heterocycles. The summed E-state index contributed by atoms with van der Waals surface area (Å²) in [5.74, 6) is 2.45. The molecule has 166 valence electrons. The van der Waals surface area contributed by atoms with Crippen LogP contribution in [0, 0.1) is 11.8 Å².